The lowest BCUT2D eigenvalue weighted by Crippen LogP contribution is -2.52. The van der Waals surface area contributed by atoms with Gasteiger partial charge in [-0.05, 0) is 31.0 Å². The molecule has 0 aliphatic carbocycles. The van der Waals surface area contributed by atoms with Crippen LogP contribution in [0.5, 0.6) is 0 Å². The highest BCUT2D eigenvalue weighted by Gasteiger charge is 2.29. The Morgan fingerprint density at radius 3 is 2.89 bits per heavy atom. The fourth-order valence-electron chi connectivity index (χ4n) is 3.38. The summed E-state index contributed by atoms with van der Waals surface area (Å²) < 4.78 is 10.9. The number of amides is 1. The van der Waals surface area contributed by atoms with Gasteiger partial charge in [0, 0.05) is 25.7 Å². The van der Waals surface area contributed by atoms with Gasteiger partial charge in [-0.15, -0.1) is 12.4 Å². The van der Waals surface area contributed by atoms with E-state index in [1.165, 1.54) is 0 Å². The number of hydrogen-bond acceptors (Lipinski definition) is 6. The first-order valence-corrected chi connectivity index (χ1v) is 8.92. The van der Waals surface area contributed by atoms with E-state index in [4.69, 9.17) is 8.94 Å². The average Bonchev–Trinajstić information content (AvgIpc) is 3.30. The number of nitrogens with one attached hydrogen (secondary N) is 1. The number of aromatic nitrogens is 2. The highest BCUT2D eigenvalue weighted by molar-refractivity contribution is 6.07. The molecule has 4 heterocycles. The summed E-state index contributed by atoms with van der Waals surface area (Å²) in [5.41, 5.74) is 2.26. The molecular formula is C19H23ClN4O3. The lowest BCUT2D eigenvalue weighted by Gasteiger charge is -2.34. The predicted octanol–water partition coefficient (Wildman–Crippen LogP) is 3.46. The fourth-order valence-corrected chi connectivity index (χ4v) is 3.38. The van der Waals surface area contributed by atoms with Gasteiger partial charge in [-0.25, -0.2) is 4.98 Å². The Bertz CT molecular complexity index is 936. The first-order valence-electron chi connectivity index (χ1n) is 8.92. The van der Waals surface area contributed by atoms with Gasteiger partial charge in [-0.2, -0.15) is 0 Å². The fraction of sp³-hybridized carbons (Fsp3) is 0.421. The largest absolute Gasteiger partial charge is 0.463 e. The van der Waals surface area contributed by atoms with Crippen LogP contribution in [0.25, 0.3) is 22.6 Å². The summed E-state index contributed by atoms with van der Waals surface area (Å²) in [6.45, 7) is 8.34. The molecule has 0 aromatic carbocycles. The molecule has 1 atom stereocenters. The number of furan rings is 1. The molecule has 3 aromatic rings. The van der Waals surface area contributed by atoms with Crippen LogP contribution < -0.4 is 5.32 Å². The third-order valence-electron chi connectivity index (χ3n) is 4.79. The summed E-state index contributed by atoms with van der Waals surface area (Å²) in [6, 6.07) is 5.52. The van der Waals surface area contributed by atoms with Gasteiger partial charge in [0.2, 0.25) is 0 Å². The van der Waals surface area contributed by atoms with Gasteiger partial charge in [0.1, 0.15) is 5.69 Å². The van der Waals surface area contributed by atoms with Crippen LogP contribution in [0.2, 0.25) is 0 Å². The summed E-state index contributed by atoms with van der Waals surface area (Å²) >= 11 is 0. The summed E-state index contributed by atoms with van der Waals surface area (Å²) in [7, 11) is 0. The van der Waals surface area contributed by atoms with Crippen molar-refractivity contribution in [1.82, 2.24) is 20.4 Å². The molecular weight excluding hydrogens is 368 g/mol. The average molecular weight is 391 g/mol. The number of halogens is 1. The molecule has 7 nitrogen and oxygen atoms in total. The zero-order valence-corrected chi connectivity index (χ0v) is 16.4. The van der Waals surface area contributed by atoms with Crippen LogP contribution in [0, 0.1) is 0 Å². The van der Waals surface area contributed by atoms with Crippen LogP contribution >= 0.6 is 12.4 Å². The highest BCUT2D eigenvalue weighted by atomic mass is 35.5. The second-order valence-corrected chi connectivity index (χ2v) is 6.99. The molecule has 8 heteroatoms. The van der Waals surface area contributed by atoms with Crippen molar-refractivity contribution in [1.29, 1.82) is 0 Å². The molecule has 0 saturated carbocycles. The topological polar surface area (TPSA) is 84.4 Å². The van der Waals surface area contributed by atoms with Crippen molar-refractivity contribution >= 4 is 29.4 Å². The summed E-state index contributed by atoms with van der Waals surface area (Å²) in [5.74, 6) is 0.695. The highest BCUT2D eigenvalue weighted by Crippen LogP contribution is 2.31. The molecule has 1 aliphatic heterocycles. The van der Waals surface area contributed by atoms with Crippen LogP contribution in [0.1, 0.15) is 42.7 Å². The maximum Gasteiger partial charge on any atom is 0.259 e. The van der Waals surface area contributed by atoms with Crippen LogP contribution in [-0.4, -0.2) is 46.6 Å². The van der Waals surface area contributed by atoms with Gasteiger partial charge in [-0.3, -0.25) is 4.79 Å². The molecule has 0 bridgehead atoms. The molecule has 3 aromatic heterocycles. The number of piperazine rings is 1. The van der Waals surface area contributed by atoms with E-state index in [1.54, 1.807) is 18.4 Å². The van der Waals surface area contributed by atoms with E-state index in [0.717, 1.165) is 18.8 Å². The first kappa shape index (κ1) is 19.4. The smallest absolute Gasteiger partial charge is 0.259 e. The van der Waals surface area contributed by atoms with Crippen molar-refractivity contribution < 1.29 is 13.7 Å². The van der Waals surface area contributed by atoms with Gasteiger partial charge in [0.25, 0.3) is 11.6 Å². The molecule has 1 aliphatic rings. The van der Waals surface area contributed by atoms with Gasteiger partial charge >= 0.3 is 0 Å². The SMILES string of the molecule is CC(C)c1noc2nc(-c3ccco3)cc(C(=O)N3CCNC[C@@H]3C)c12.Cl. The van der Waals surface area contributed by atoms with Gasteiger partial charge in [-0.1, -0.05) is 19.0 Å². The normalized spacial score (nSPS) is 17.3. The number of rotatable bonds is 3. The number of carbonyl (C=O) groups is 1. The van der Waals surface area contributed by atoms with E-state index < -0.39 is 0 Å². The molecule has 1 amide bonds. The Morgan fingerprint density at radius 2 is 2.22 bits per heavy atom. The van der Waals surface area contributed by atoms with Crippen LogP contribution in [0.3, 0.4) is 0 Å². The Hall–Kier alpha value is -2.38. The maximum atomic E-state index is 13.4. The van der Waals surface area contributed by atoms with Gasteiger partial charge < -0.3 is 19.2 Å². The minimum atomic E-state index is -0.0238. The third-order valence-corrected chi connectivity index (χ3v) is 4.79. The Kier molecular flexibility index (Phi) is 5.53. The van der Waals surface area contributed by atoms with Crippen LogP contribution in [0.15, 0.2) is 33.4 Å². The molecule has 1 N–H and O–H groups in total. The molecule has 1 saturated heterocycles. The molecule has 0 spiro atoms. The minimum Gasteiger partial charge on any atom is -0.463 e. The second-order valence-electron chi connectivity index (χ2n) is 6.99. The zero-order chi connectivity index (χ0) is 18.3. The van der Waals surface area contributed by atoms with Crippen molar-refractivity contribution in [3.05, 3.63) is 35.7 Å². The van der Waals surface area contributed by atoms with Gasteiger partial charge in [0.05, 0.1) is 22.9 Å². The number of nitrogens with zero attached hydrogens (tertiary/aromatic N) is 3. The second kappa shape index (κ2) is 7.70. The lowest BCUT2D eigenvalue weighted by atomic mass is 10.0. The standard InChI is InChI=1S/C19H22N4O3.ClH/c1-11(2)17-16-13(19(24)23-7-6-20-10-12(23)3)9-14(15-5-4-8-25-15)21-18(16)26-22-17;/h4-5,8-9,11-12,20H,6-7,10H2,1-3H3;1H/t12-;/m0./s1. The Labute approximate surface area is 163 Å². The van der Waals surface area contributed by atoms with E-state index in [-0.39, 0.29) is 30.3 Å². The molecule has 0 radical (unpaired) electrons. The van der Waals surface area contributed by atoms with Gasteiger partial charge in [0.15, 0.2) is 5.76 Å². The number of pyridine rings is 1. The zero-order valence-electron chi connectivity index (χ0n) is 15.6. The van der Waals surface area contributed by atoms with E-state index in [2.05, 4.69) is 15.5 Å². The minimum absolute atomic E-state index is 0. The van der Waals surface area contributed by atoms with E-state index >= 15 is 0 Å². The predicted molar refractivity (Wildman–Crippen MR) is 104 cm³/mol. The third kappa shape index (κ3) is 3.44. The summed E-state index contributed by atoms with van der Waals surface area (Å²) in [4.78, 5) is 19.8. The quantitative estimate of drug-likeness (QED) is 0.737. The summed E-state index contributed by atoms with van der Waals surface area (Å²) in [5, 5.41) is 8.19. The van der Waals surface area contributed by atoms with Crippen LogP contribution in [0.4, 0.5) is 0 Å². The summed E-state index contributed by atoms with van der Waals surface area (Å²) in [6.07, 6.45) is 1.58. The van der Waals surface area contributed by atoms with E-state index in [1.807, 2.05) is 31.7 Å². The Balaban J connectivity index is 0.00000210. The van der Waals surface area contributed by atoms with Crippen LogP contribution in [-0.2, 0) is 0 Å². The van der Waals surface area contributed by atoms with Crippen molar-refractivity contribution in [2.45, 2.75) is 32.7 Å². The molecule has 144 valence electrons. The van der Waals surface area contributed by atoms with E-state index in [0.29, 0.717) is 34.7 Å². The van der Waals surface area contributed by atoms with Crippen molar-refractivity contribution in [2.24, 2.45) is 0 Å². The molecule has 0 unspecified atom stereocenters. The number of carbonyl (C=O) groups excluding carboxylic acids is 1. The number of fused-ring (bicyclic) bond motifs is 1. The molecule has 1 fully saturated rings. The maximum absolute atomic E-state index is 13.4. The van der Waals surface area contributed by atoms with Crippen molar-refractivity contribution in [3.63, 3.8) is 0 Å². The first-order chi connectivity index (χ1) is 12.6. The molecule has 4 rings (SSSR count). The lowest BCUT2D eigenvalue weighted by molar-refractivity contribution is 0.0657. The van der Waals surface area contributed by atoms with E-state index in [9.17, 15) is 4.79 Å². The van der Waals surface area contributed by atoms with Crippen molar-refractivity contribution in [3.8, 4) is 11.5 Å². The monoisotopic (exact) mass is 390 g/mol. The Morgan fingerprint density at radius 1 is 1.41 bits per heavy atom. The number of hydrogen-bond donors (Lipinski definition) is 1. The van der Waals surface area contributed by atoms with Crippen molar-refractivity contribution in [2.75, 3.05) is 19.6 Å². The molecule has 27 heavy (non-hydrogen) atoms.